The molecule has 1 aromatic carbocycles. The van der Waals surface area contributed by atoms with Gasteiger partial charge in [0.15, 0.2) is 0 Å². The molecule has 0 amide bonds. The zero-order valence-corrected chi connectivity index (χ0v) is 14.2. The summed E-state index contributed by atoms with van der Waals surface area (Å²) in [6, 6.07) is 8.48. The summed E-state index contributed by atoms with van der Waals surface area (Å²) in [5, 5.41) is 3.54. The normalized spacial score (nSPS) is 14.8. The fourth-order valence-corrected chi connectivity index (χ4v) is 3.20. The van der Waals surface area contributed by atoms with E-state index in [-0.39, 0.29) is 0 Å². The van der Waals surface area contributed by atoms with Gasteiger partial charge in [-0.3, -0.25) is 0 Å². The molecule has 1 aromatic heterocycles. The molecule has 1 N–H and O–H groups in total. The summed E-state index contributed by atoms with van der Waals surface area (Å²) < 4.78 is 0. The van der Waals surface area contributed by atoms with Crippen LogP contribution in [0.3, 0.4) is 0 Å². The second kappa shape index (κ2) is 7.44. The first kappa shape index (κ1) is 15.8. The monoisotopic (exact) mass is 310 g/mol. The number of hydrogen-bond acceptors (Lipinski definition) is 4. The highest BCUT2D eigenvalue weighted by molar-refractivity contribution is 5.65. The van der Waals surface area contributed by atoms with Gasteiger partial charge >= 0.3 is 0 Å². The Bertz CT molecular complexity index is 625. The largest absolute Gasteiger partial charge is 0.341 e. The lowest BCUT2D eigenvalue weighted by molar-refractivity contribution is 0.568. The van der Waals surface area contributed by atoms with E-state index < -0.39 is 0 Å². The third-order valence-electron chi connectivity index (χ3n) is 4.53. The summed E-state index contributed by atoms with van der Waals surface area (Å²) in [7, 11) is 0. The molecule has 2 heterocycles. The highest BCUT2D eigenvalue weighted by atomic mass is 15.3. The number of aromatic nitrogens is 2. The Hall–Kier alpha value is -2.10. The lowest BCUT2D eigenvalue weighted by Gasteiger charge is -2.26. The van der Waals surface area contributed by atoms with Crippen LogP contribution < -0.4 is 10.2 Å². The molecule has 1 aliphatic rings. The van der Waals surface area contributed by atoms with E-state index in [0.29, 0.717) is 0 Å². The predicted molar refractivity (Wildman–Crippen MR) is 96.6 cm³/mol. The summed E-state index contributed by atoms with van der Waals surface area (Å²) in [5.41, 5.74) is 3.88. The van der Waals surface area contributed by atoms with Crippen LogP contribution in [-0.4, -0.2) is 23.1 Å². The van der Waals surface area contributed by atoms with Crippen molar-refractivity contribution in [2.75, 3.05) is 23.3 Å². The molecule has 2 aromatic rings. The van der Waals surface area contributed by atoms with Gasteiger partial charge < -0.3 is 10.2 Å². The molecular formula is C19H26N4. The van der Waals surface area contributed by atoms with Gasteiger partial charge in [-0.15, -0.1) is 0 Å². The van der Waals surface area contributed by atoms with Crippen LogP contribution in [-0.2, 0) is 12.8 Å². The van der Waals surface area contributed by atoms with Crippen LogP contribution in [0.4, 0.5) is 17.5 Å². The van der Waals surface area contributed by atoms with Crippen molar-refractivity contribution >= 4 is 17.5 Å². The highest BCUT2D eigenvalue weighted by Crippen LogP contribution is 2.26. The highest BCUT2D eigenvalue weighted by Gasteiger charge is 2.14. The maximum absolute atomic E-state index is 4.75. The van der Waals surface area contributed by atoms with Crippen LogP contribution in [0.15, 0.2) is 30.5 Å². The van der Waals surface area contributed by atoms with Gasteiger partial charge in [0, 0.05) is 25.0 Å². The summed E-state index contributed by atoms with van der Waals surface area (Å²) in [4.78, 5) is 11.5. The average Bonchev–Trinajstić information content (AvgIpc) is 2.63. The van der Waals surface area contributed by atoms with Gasteiger partial charge in [-0.2, -0.15) is 4.98 Å². The molecule has 0 radical (unpaired) electrons. The smallest absolute Gasteiger partial charge is 0.227 e. The lowest BCUT2D eigenvalue weighted by Crippen LogP contribution is -2.31. The standard InChI is InChI=1S/C19H26N4/c1-3-15-9-8-10-16(4-2)18(15)21-17-11-12-20-19(22-17)23-13-6-5-7-14-23/h8-12H,3-7,13-14H2,1-2H3,(H,20,21,22). The first-order valence-corrected chi connectivity index (χ1v) is 8.77. The first-order valence-electron chi connectivity index (χ1n) is 8.77. The Morgan fingerprint density at radius 2 is 1.70 bits per heavy atom. The van der Waals surface area contributed by atoms with E-state index in [2.05, 4.69) is 47.2 Å². The van der Waals surface area contributed by atoms with Crippen LogP contribution in [0.2, 0.25) is 0 Å². The zero-order chi connectivity index (χ0) is 16.1. The van der Waals surface area contributed by atoms with Crippen molar-refractivity contribution in [2.24, 2.45) is 0 Å². The van der Waals surface area contributed by atoms with Gasteiger partial charge in [0.05, 0.1) is 0 Å². The summed E-state index contributed by atoms with van der Waals surface area (Å²) in [6.45, 7) is 6.52. The maximum Gasteiger partial charge on any atom is 0.227 e. The molecule has 122 valence electrons. The fourth-order valence-electron chi connectivity index (χ4n) is 3.20. The minimum Gasteiger partial charge on any atom is -0.341 e. The molecule has 4 heteroatoms. The average molecular weight is 310 g/mol. The molecule has 3 rings (SSSR count). The Morgan fingerprint density at radius 3 is 2.35 bits per heavy atom. The summed E-state index contributed by atoms with van der Waals surface area (Å²) >= 11 is 0. The molecule has 23 heavy (non-hydrogen) atoms. The van der Waals surface area contributed by atoms with E-state index in [1.54, 1.807) is 0 Å². The molecule has 0 spiro atoms. The topological polar surface area (TPSA) is 41.1 Å². The Balaban J connectivity index is 1.86. The van der Waals surface area contributed by atoms with Gasteiger partial charge in [-0.05, 0) is 49.3 Å². The fraction of sp³-hybridized carbons (Fsp3) is 0.474. The number of nitrogens with zero attached hydrogens (tertiary/aromatic N) is 3. The van der Waals surface area contributed by atoms with Crippen LogP contribution in [0.1, 0.15) is 44.2 Å². The van der Waals surface area contributed by atoms with Crippen molar-refractivity contribution < 1.29 is 0 Å². The number of benzene rings is 1. The van der Waals surface area contributed by atoms with Crippen molar-refractivity contribution in [1.82, 2.24) is 9.97 Å². The molecule has 1 saturated heterocycles. The van der Waals surface area contributed by atoms with E-state index in [1.165, 1.54) is 36.1 Å². The van der Waals surface area contributed by atoms with Gasteiger partial charge in [-0.25, -0.2) is 4.98 Å². The Labute approximate surface area is 139 Å². The molecule has 0 atom stereocenters. The van der Waals surface area contributed by atoms with E-state index in [9.17, 15) is 0 Å². The van der Waals surface area contributed by atoms with Crippen molar-refractivity contribution in [2.45, 2.75) is 46.0 Å². The second-order valence-electron chi connectivity index (χ2n) is 6.07. The predicted octanol–water partition coefficient (Wildman–Crippen LogP) is 4.34. The molecule has 0 aliphatic carbocycles. The molecule has 0 bridgehead atoms. The number of aryl methyl sites for hydroxylation is 2. The lowest BCUT2D eigenvalue weighted by atomic mass is 10.0. The third-order valence-corrected chi connectivity index (χ3v) is 4.53. The molecule has 1 aliphatic heterocycles. The van der Waals surface area contributed by atoms with Crippen LogP contribution in [0.5, 0.6) is 0 Å². The Kier molecular flexibility index (Phi) is 5.11. The number of nitrogens with one attached hydrogen (secondary N) is 1. The number of para-hydroxylation sites is 1. The zero-order valence-electron chi connectivity index (χ0n) is 14.2. The minimum atomic E-state index is 0.849. The molecule has 0 unspecified atom stereocenters. The van der Waals surface area contributed by atoms with Gasteiger partial charge in [0.2, 0.25) is 5.95 Å². The Morgan fingerprint density at radius 1 is 1.00 bits per heavy atom. The molecule has 0 saturated carbocycles. The molecule has 4 nitrogen and oxygen atoms in total. The summed E-state index contributed by atoms with van der Waals surface area (Å²) in [6.07, 6.45) is 7.68. The SMILES string of the molecule is CCc1cccc(CC)c1Nc1ccnc(N2CCCCC2)n1. The number of anilines is 3. The molecule has 1 fully saturated rings. The molecular weight excluding hydrogens is 284 g/mol. The number of rotatable bonds is 5. The van der Waals surface area contributed by atoms with Crippen molar-refractivity contribution in [3.63, 3.8) is 0 Å². The number of hydrogen-bond donors (Lipinski definition) is 1. The van der Waals surface area contributed by atoms with E-state index in [1.807, 2.05) is 12.3 Å². The quantitative estimate of drug-likeness (QED) is 0.892. The minimum absolute atomic E-state index is 0.849. The third kappa shape index (κ3) is 3.63. The van der Waals surface area contributed by atoms with Crippen LogP contribution >= 0.6 is 0 Å². The van der Waals surface area contributed by atoms with Crippen LogP contribution in [0.25, 0.3) is 0 Å². The van der Waals surface area contributed by atoms with Gasteiger partial charge in [-0.1, -0.05) is 32.0 Å². The van der Waals surface area contributed by atoms with Crippen molar-refractivity contribution in [3.05, 3.63) is 41.6 Å². The number of piperidine rings is 1. The van der Waals surface area contributed by atoms with E-state index in [0.717, 1.165) is 37.7 Å². The van der Waals surface area contributed by atoms with Crippen LogP contribution in [0, 0.1) is 0 Å². The van der Waals surface area contributed by atoms with Gasteiger partial charge in [0.25, 0.3) is 0 Å². The maximum atomic E-state index is 4.75. The van der Waals surface area contributed by atoms with E-state index >= 15 is 0 Å². The van der Waals surface area contributed by atoms with E-state index in [4.69, 9.17) is 4.98 Å². The second-order valence-corrected chi connectivity index (χ2v) is 6.07. The first-order chi connectivity index (χ1) is 11.3. The summed E-state index contributed by atoms with van der Waals surface area (Å²) in [5.74, 6) is 1.73. The van der Waals surface area contributed by atoms with Crippen molar-refractivity contribution in [3.8, 4) is 0 Å². The van der Waals surface area contributed by atoms with Crippen molar-refractivity contribution in [1.29, 1.82) is 0 Å². The van der Waals surface area contributed by atoms with Gasteiger partial charge in [0.1, 0.15) is 5.82 Å².